The lowest BCUT2D eigenvalue weighted by Gasteiger charge is -2.22. The van der Waals surface area contributed by atoms with E-state index in [0.29, 0.717) is 19.4 Å². The molecule has 2 heterocycles. The van der Waals surface area contributed by atoms with E-state index in [4.69, 9.17) is 4.98 Å². The highest BCUT2D eigenvalue weighted by Crippen LogP contribution is 2.24. The number of carbonyl (C=O) groups is 2. The van der Waals surface area contributed by atoms with Crippen molar-refractivity contribution in [3.05, 3.63) is 54.4 Å². The number of nitrogens with one attached hydrogen (secondary N) is 2. The first-order valence-electron chi connectivity index (χ1n) is 9.72. The van der Waals surface area contributed by atoms with Crippen LogP contribution in [0.3, 0.4) is 0 Å². The minimum absolute atomic E-state index is 0.0653. The molecule has 8 nitrogen and oxygen atoms in total. The maximum absolute atomic E-state index is 12.5. The van der Waals surface area contributed by atoms with E-state index in [1.54, 1.807) is 0 Å². The van der Waals surface area contributed by atoms with Gasteiger partial charge in [0.1, 0.15) is 11.5 Å². The Morgan fingerprint density at radius 2 is 1.97 bits per heavy atom. The van der Waals surface area contributed by atoms with Gasteiger partial charge in [-0.2, -0.15) is 0 Å². The number of fused-ring (bicyclic) bond motifs is 1. The Labute approximate surface area is 169 Å². The molecule has 8 heteroatoms. The molecule has 0 radical (unpaired) electrons. The van der Waals surface area contributed by atoms with Crippen LogP contribution in [0.2, 0.25) is 0 Å². The van der Waals surface area contributed by atoms with Crippen molar-refractivity contribution in [3.63, 3.8) is 0 Å². The lowest BCUT2D eigenvalue weighted by atomic mass is 10.0. The van der Waals surface area contributed by atoms with Crippen molar-refractivity contribution in [2.75, 3.05) is 6.54 Å². The summed E-state index contributed by atoms with van der Waals surface area (Å²) in [5.74, 6) is 0.666. The first kappa shape index (κ1) is 20.4. The maximum atomic E-state index is 12.5. The van der Waals surface area contributed by atoms with Crippen LogP contribution in [0.1, 0.15) is 49.0 Å². The highest BCUT2D eigenvalue weighted by atomic mass is 16.2. The molecule has 2 amide bonds. The molecule has 0 saturated heterocycles. The molecule has 0 saturated carbocycles. The molecule has 3 aromatic rings. The van der Waals surface area contributed by atoms with E-state index in [1.165, 1.54) is 18.6 Å². The monoisotopic (exact) mass is 394 g/mol. The van der Waals surface area contributed by atoms with E-state index >= 15 is 0 Å². The fraction of sp³-hybridized carbons (Fsp3) is 0.381. The second-order valence-corrected chi connectivity index (χ2v) is 7.26. The summed E-state index contributed by atoms with van der Waals surface area (Å²) in [7, 11) is 1.97. The van der Waals surface area contributed by atoms with Crippen molar-refractivity contribution < 1.29 is 9.59 Å². The molecule has 0 aliphatic rings. The predicted octanol–water partition coefficient (Wildman–Crippen LogP) is 2.39. The van der Waals surface area contributed by atoms with E-state index in [1.807, 2.05) is 35.9 Å². The molecule has 2 N–H and O–H groups in total. The van der Waals surface area contributed by atoms with E-state index in [9.17, 15) is 9.59 Å². The third-order valence-electron chi connectivity index (χ3n) is 4.75. The highest BCUT2D eigenvalue weighted by Gasteiger charge is 2.23. The first-order valence-corrected chi connectivity index (χ1v) is 9.72. The van der Waals surface area contributed by atoms with Gasteiger partial charge in [0, 0.05) is 32.4 Å². The fourth-order valence-electron chi connectivity index (χ4n) is 3.18. The van der Waals surface area contributed by atoms with Crippen molar-refractivity contribution in [1.29, 1.82) is 0 Å². The number of benzene rings is 1. The van der Waals surface area contributed by atoms with Crippen molar-refractivity contribution in [1.82, 2.24) is 30.2 Å². The van der Waals surface area contributed by atoms with Gasteiger partial charge < -0.3 is 15.2 Å². The molecule has 3 rings (SSSR count). The molecular formula is C21H26N6O2. The van der Waals surface area contributed by atoms with Crippen molar-refractivity contribution in [2.45, 2.75) is 32.7 Å². The van der Waals surface area contributed by atoms with Crippen LogP contribution < -0.4 is 10.6 Å². The van der Waals surface area contributed by atoms with Crippen molar-refractivity contribution in [3.8, 4) is 0 Å². The van der Waals surface area contributed by atoms with Gasteiger partial charge in [-0.1, -0.05) is 26.0 Å². The van der Waals surface area contributed by atoms with Crippen LogP contribution in [0.25, 0.3) is 11.0 Å². The summed E-state index contributed by atoms with van der Waals surface area (Å²) >= 11 is 0. The number of imidazole rings is 1. The van der Waals surface area contributed by atoms with Gasteiger partial charge in [-0.3, -0.25) is 14.6 Å². The van der Waals surface area contributed by atoms with Crippen LogP contribution >= 0.6 is 0 Å². The Bertz CT molecular complexity index is 983. The van der Waals surface area contributed by atoms with E-state index in [0.717, 1.165) is 16.9 Å². The second kappa shape index (κ2) is 9.27. The van der Waals surface area contributed by atoms with Gasteiger partial charge in [0.15, 0.2) is 0 Å². The molecular weight excluding hydrogens is 368 g/mol. The summed E-state index contributed by atoms with van der Waals surface area (Å²) in [6.45, 7) is 4.51. The van der Waals surface area contributed by atoms with Gasteiger partial charge in [0.05, 0.1) is 23.3 Å². The lowest BCUT2D eigenvalue weighted by molar-refractivity contribution is -0.122. The maximum Gasteiger partial charge on any atom is 0.271 e. The van der Waals surface area contributed by atoms with Crippen molar-refractivity contribution in [2.24, 2.45) is 13.0 Å². The predicted molar refractivity (Wildman–Crippen MR) is 110 cm³/mol. The summed E-state index contributed by atoms with van der Waals surface area (Å²) in [5.41, 5.74) is 2.21. The van der Waals surface area contributed by atoms with Crippen LogP contribution in [0.15, 0.2) is 42.9 Å². The standard InChI is InChI=1S/C21H26N6O2/c1-14(2)19(20-25-15-7-4-5-8-17(15)27(20)3)26-18(28)9-6-10-24-21(29)16-13-22-11-12-23-16/h4-5,7-8,11-14,19H,6,9-10H2,1-3H3,(H,24,29)(H,26,28)/t19-/m1/s1. The molecule has 152 valence electrons. The van der Waals surface area contributed by atoms with Gasteiger partial charge >= 0.3 is 0 Å². The third kappa shape index (κ3) is 4.96. The normalized spacial score (nSPS) is 12.1. The molecule has 0 spiro atoms. The van der Waals surface area contributed by atoms with Crippen LogP contribution in [-0.4, -0.2) is 37.9 Å². The number of aryl methyl sites for hydroxylation is 1. The molecule has 0 aliphatic carbocycles. The zero-order valence-corrected chi connectivity index (χ0v) is 16.9. The van der Waals surface area contributed by atoms with Gasteiger partial charge in [0.2, 0.25) is 5.91 Å². The number of nitrogens with zero attached hydrogens (tertiary/aromatic N) is 4. The van der Waals surface area contributed by atoms with E-state index in [2.05, 4.69) is 34.4 Å². The zero-order chi connectivity index (χ0) is 20.8. The molecule has 1 atom stereocenters. The van der Waals surface area contributed by atoms with Gasteiger partial charge in [-0.05, 0) is 24.5 Å². The number of rotatable bonds is 8. The Morgan fingerprint density at radius 1 is 1.17 bits per heavy atom. The molecule has 0 fully saturated rings. The second-order valence-electron chi connectivity index (χ2n) is 7.26. The summed E-state index contributed by atoms with van der Waals surface area (Å²) in [5, 5.41) is 5.85. The summed E-state index contributed by atoms with van der Waals surface area (Å²) in [4.78, 5) is 37.0. The number of hydrogen-bond acceptors (Lipinski definition) is 5. The SMILES string of the molecule is CC(C)[C@@H](NC(=O)CCCNC(=O)c1cnccn1)c1nc2ccccc2n1C. The topological polar surface area (TPSA) is 102 Å². The van der Waals surface area contributed by atoms with Crippen LogP contribution in [-0.2, 0) is 11.8 Å². The third-order valence-corrected chi connectivity index (χ3v) is 4.75. The molecule has 1 aromatic carbocycles. The largest absolute Gasteiger partial charge is 0.351 e. The van der Waals surface area contributed by atoms with Gasteiger partial charge in [-0.25, -0.2) is 9.97 Å². The highest BCUT2D eigenvalue weighted by molar-refractivity contribution is 5.91. The molecule has 0 unspecified atom stereocenters. The number of aromatic nitrogens is 4. The molecule has 2 aromatic heterocycles. The summed E-state index contributed by atoms with van der Waals surface area (Å²) < 4.78 is 2.03. The minimum Gasteiger partial charge on any atom is -0.351 e. The molecule has 29 heavy (non-hydrogen) atoms. The Hall–Kier alpha value is -3.29. The fourth-order valence-corrected chi connectivity index (χ4v) is 3.18. The number of para-hydroxylation sites is 2. The van der Waals surface area contributed by atoms with Crippen LogP contribution in [0, 0.1) is 5.92 Å². The van der Waals surface area contributed by atoms with Crippen molar-refractivity contribution >= 4 is 22.8 Å². The Morgan fingerprint density at radius 3 is 2.66 bits per heavy atom. The Kier molecular flexibility index (Phi) is 6.54. The smallest absolute Gasteiger partial charge is 0.271 e. The first-order chi connectivity index (χ1) is 14.0. The zero-order valence-electron chi connectivity index (χ0n) is 16.9. The average molecular weight is 394 g/mol. The number of hydrogen-bond donors (Lipinski definition) is 2. The number of amides is 2. The summed E-state index contributed by atoms with van der Waals surface area (Å²) in [6, 6.07) is 7.74. The molecule has 0 aliphatic heterocycles. The molecule has 0 bridgehead atoms. The number of carbonyl (C=O) groups excluding carboxylic acids is 2. The van der Waals surface area contributed by atoms with E-state index < -0.39 is 0 Å². The van der Waals surface area contributed by atoms with Gasteiger partial charge in [0.25, 0.3) is 5.91 Å². The quantitative estimate of drug-likeness (QED) is 0.571. The van der Waals surface area contributed by atoms with Gasteiger partial charge in [-0.15, -0.1) is 0 Å². The van der Waals surface area contributed by atoms with Crippen LogP contribution in [0.4, 0.5) is 0 Å². The Balaban J connectivity index is 1.55. The lowest BCUT2D eigenvalue weighted by Crippen LogP contribution is -2.34. The van der Waals surface area contributed by atoms with E-state index in [-0.39, 0.29) is 29.5 Å². The average Bonchev–Trinajstić information content (AvgIpc) is 3.06. The summed E-state index contributed by atoms with van der Waals surface area (Å²) in [6.07, 6.45) is 5.23. The minimum atomic E-state index is -0.293. The van der Waals surface area contributed by atoms with Crippen LogP contribution in [0.5, 0.6) is 0 Å².